The predicted molar refractivity (Wildman–Crippen MR) is 126 cm³/mol. The molecule has 1 fully saturated rings. The van der Waals surface area contributed by atoms with Gasteiger partial charge in [-0.25, -0.2) is 0 Å². The third kappa shape index (κ3) is 5.22. The molecular weight excluding hydrogens is 473 g/mol. The molecule has 0 bridgehead atoms. The van der Waals surface area contributed by atoms with Gasteiger partial charge in [0.1, 0.15) is 0 Å². The molecule has 0 unspecified atom stereocenters. The Hall–Kier alpha value is -2.25. The van der Waals surface area contributed by atoms with Crippen LogP contribution in [0.2, 0.25) is 0 Å². The average Bonchev–Trinajstić information content (AvgIpc) is 2.77. The highest BCUT2D eigenvalue weighted by Gasteiger charge is 2.12. The van der Waals surface area contributed by atoms with E-state index in [9.17, 15) is 4.79 Å². The lowest BCUT2D eigenvalue weighted by Crippen LogP contribution is -2.29. The zero-order chi connectivity index (χ0) is 20.1. The van der Waals surface area contributed by atoms with E-state index in [1.165, 1.54) is 37.9 Å². The van der Waals surface area contributed by atoms with Crippen LogP contribution in [0.15, 0.2) is 66.9 Å². The van der Waals surface area contributed by atoms with Gasteiger partial charge < -0.3 is 5.32 Å². The number of pyridine rings is 1. The Morgan fingerprint density at radius 1 is 1.00 bits per heavy atom. The van der Waals surface area contributed by atoms with E-state index in [4.69, 9.17) is 0 Å². The van der Waals surface area contributed by atoms with Crippen molar-refractivity contribution in [1.29, 1.82) is 0 Å². The van der Waals surface area contributed by atoms with E-state index >= 15 is 0 Å². The fourth-order valence-electron chi connectivity index (χ4n) is 3.66. The Morgan fingerprint density at radius 3 is 2.52 bits per heavy atom. The quantitative estimate of drug-likeness (QED) is 0.468. The van der Waals surface area contributed by atoms with Crippen LogP contribution in [0.1, 0.15) is 35.2 Å². The third-order valence-corrected chi connectivity index (χ3v) is 6.18. The number of hydrogen-bond acceptors (Lipinski definition) is 3. The zero-order valence-corrected chi connectivity index (χ0v) is 18.4. The molecule has 4 rings (SSSR count). The molecule has 2 aromatic carbocycles. The van der Waals surface area contributed by atoms with E-state index < -0.39 is 0 Å². The van der Waals surface area contributed by atoms with E-state index in [-0.39, 0.29) is 5.91 Å². The van der Waals surface area contributed by atoms with Gasteiger partial charge in [0, 0.05) is 33.1 Å². The summed E-state index contributed by atoms with van der Waals surface area (Å²) in [6, 6.07) is 19.7. The molecule has 0 aliphatic carbocycles. The van der Waals surface area contributed by atoms with Gasteiger partial charge in [0.05, 0.1) is 5.69 Å². The first-order valence-corrected chi connectivity index (χ1v) is 11.1. The Bertz CT molecular complexity index is 967. The van der Waals surface area contributed by atoms with E-state index in [0.29, 0.717) is 5.56 Å². The molecule has 0 spiro atoms. The van der Waals surface area contributed by atoms with Gasteiger partial charge in [-0.1, -0.05) is 24.6 Å². The summed E-state index contributed by atoms with van der Waals surface area (Å²) in [7, 11) is 0. The molecule has 2 heterocycles. The molecule has 1 N–H and O–H groups in total. The van der Waals surface area contributed by atoms with E-state index in [2.05, 4.69) is 49.9 Å². The fourth-order valence-corrected chi connectivity index (χ4v) is 4.27. The molecule has 0 atom stereocenters. The van der Waals surface area contributed by atoms with Crippen molar-refractivity contribution in [3.63, 3.8) is 0 Å². The number of carbonyl (C=O) groups excluding carboxylic acids is 1. The van der Waals surface area contributed by atoms with Gasteiger partial charge in [0.15, 0.2) is 0 Å². The first-order valence-electron chi connectivity index (χ1n) is 10.0. The lowest BCUT2D eigenvalue weighted by molar-refractivity contribution is 0.102. The van der Waals surface area contributed by atoms with Crippen LogP contribution in [0.5, 0.6) is 0 Å². The van der Waals surface area contributed by atoms with E-state index in [1.54, 1.807) is 6.20 Å². The van der Waals surface area contributed by atoms with Crippen LogP contribution in [0.4, 0.5) is 5.69 Å². The normalized spacial score (nSPS) is 14.5. The van der Waals surface area contributed by atoms with Gasteiger partial charge in [-0.05, 0) is 96.6 Å². The number of hydrogen-bond donors (Lipinski definition) is 1. The number of nitrogens with one attached hydrogen (secondary N) is 1. The number of benzene rings is 2. The highest BCUT2D eigenvalue weighted by atomic mass is 127. The smallest absolute Gasteiger partial charge is 0.255 e. The molecule has 3 aromatic rings. The number of halogens is 1. The van der Waals surface area contributed by atoms with Crippen molar-refractivity contribution >= 4 is 34.2 Å². The number of amides is 1. The van der Waals surface area contributed by atoms with Crippen molar-refractivity contribution in [3.8, 4) is 11.3 Å². The maximum absolute atomic E-state index is 12.7. The average molecular weight is 497 g/mol. The number of likely N-dealkylation sites (tertiary alicyclic amines) is 1. The number of carbonyl (C=O) groups is 1. The molecule has 29 heavy (non-hydrogen) atoms. The Morgan fingerprint density at radius 2 is 1.79 bits per heavy atom. The topological polar surface area (TPSA) is 45.2 Å². The molecule has 5 heteroatoms. The lowest BCUT2D eigenvalue weighted by Gasteiger charge is -2.26. The van der Waals surface area contributed by atoms with Crippen LogP contribution in [0, 0.1) is 3.57 Å². The monoisotopic (exact) mass is 497 g/mol. The highest BCUT2D eigenvalue weighted by molar-refractivity contribution is 14.1. The maximum Gasteiger partial charge on any atom is 0.255 e. The van der Waals surface area contributed by atoms with Crippen molar-refractivity contribution in [2.24, 2.45) is 0 Å². The molecule has 1 aliphatic heterocycles. The van der Waals surface area contributed by atoms with Crippen molar-refractivity contribution < 1.29 is 4.79 Å². The lowest BCUT2D eigenvalue weighted by atomic mass is 10.1. The van der Waals surface area contributed by atoms with Crippen LogP contribution >= 0.6 is 22.6 Å². The summed E-state index contributed by atoms with van der Waals surface area (Å²) < 4.78 is 1.10. The molecule has 1 amide bonds. The van der Waals surface area contributed by atoms with Crippen molar-refractivity contribution in [3.05, 3.63) is 81.6 Å². The van der Waals surface area contributed by atoms with Crippen molar-refractivity contribution in [2.45, 2.75) is 25.8 Å². The molecule has 1 aliphatic rings. The van der Waals surface area contributed by atoms with Gasteiger partial charge >= 0.3 is 0 Å². The molecule has 4 nitrogen and oxygen atoms in total. The SMILES string of the molecule is O=C(Nc1ccc(I)c(-c2ccccn2)c1)c1ccc(CN2CCCCC2)cc1. The molecule has 0 radical (unpaired) electrons. The van der Waals surface area contributed by atoms with Crippen LogP contribution in [0.3, 0.4) is 0 Å². The summed E-state index contributed by atoms with van der Waals surface area (Å²) in [6.45, 7) is 3.31. The highest BCUT2D eigenvalue weighted by Crippen LogP contribution is 2.27. The van der Waals surface area contributed by atoms with Crippen molar-refractivity contribution in [1.82, 2.24) is 9.88 Å². The van der Waals surface area contributed by atoms with Crippen LogP contribution in [-0.4, -0.2) is 28.9 Å². The van der Waals surface area contributed by atoms with E-state index in [0.717, 1.165) is 27.1 Å². The van der Waals surface area contributed by atoms with Gasteiger partial charge in [-0.15, -0.1) is 0 Å². The number of anilines is 1. The first kappa shape index (κ1) is 20.0. The Balaban J connectivity index is 1.44. The molecule has 0 saturated carbocycles. The van der Waals surface area contributed by atoms with Crippen LogP contribution < -0.4 is 5.32 Å². The number of piperidine rings is 1. The number of rotatable bonds is 5. The summed E-state index contributed by atoms with van der Waals surface area (Å²) >= 11 is 2.30. The minimum atomic E-state index is -0.0947. The summed E-state index contributed by atoms with van der Waals surface area (Å²) in [5.74, 6) is -0.0947. The standard InChI is InChI=1S/C24H24IN3O/c25-22-12-11-20(16-21(22)23-6-2-3-13-26-23)27-24(29)19-9-7-18(8-10-19)17-28-14-4-1-5-15-28/h2-3,6-13,16H,1,4-5,14-15,17H2,(H,27,29). The zero-order valence-electron chi connectivity index (χ0n) is 16.3. The fraction of sp³-hybridized carbons (Fsp3) is 0.250. The van der Waals surface area contributed by atoms with Gasteiger partial charge in [0.25, 0.3) is 5.91 Å². The molecular formula is C24H24IN3O. The number of nitrogens with zero attached hydrogens (tertiary/aromatic N) is 2. The first-order chi connectivity index (χ1) is 14.2. The van der Waals surface area contributed by atoms with Crippen LogP contribution in [-0.2, 0) is 6.54 Å². The maximum atomic E-state index is 12.7. The summed E-state index contributed by atoms with van der Waals surface area (Å²) in [6.07, 6.45) is 5.70. The predicted octanol–water partition coefficient (Wildman–Crippen LogP) is 5.59. The molecule has 1 saturated heterocycles. The molecule has 148 valence electrons. The Labute approximate surface area is 185 Å². The van der Waals surface area contributed by atoms with Gasteiger partial charge in [-0.2, -0.15) is 0 Å². The van der Waals surface area contributed by atoms with E-state index in [1.807, 2.05) is 48.5 Å². The summed E-state index contributed by atoms with van der Waals surface area (Å²) in [5.41, 5.74) is 4.62. The minimum Gasteiger partial charge on any atom is -0.322 e. The summed E-state index contributed by atoms with van der Waals surface area (Å²) in [4.78, 5) is 19.6. The number of aromatic nitrogens is 1. The van der Waals surface area contributed by atoms with Gasteiger partial charge in [-0.3, -0.25) is 14.7 Å². The van der Waals surface area contributed by atoms with Crippen LogP contribution in [0.25, 0.3) is 11.3 Å². The molecule has 1 aromatic heterocycles. The second kappa shape index (κ2) is 9.50. The van der Waals surface area contributed by atoms with Gasteiger partial charge in [0.2, 0.25) is 0 Å². The minimum absolute atomic E-state index is 0.0947. The second-order valence-corrected chi connectivity index (χ2v) is 8.56. The second-order valence-electron chi connectivity index (χ2n) is 7.40. The largest absolute Gasteiger partial charge is 0.322 e. The third-order valence-electron chi connectivity index (χ3n) is 5.24. The summed E-state index contributed by atoms with van der Waals surface area (Å²) in [5, 5.41) is 3.02. The van der Waals surface area contributed by atoms with Crippen molar-refractivity contribution in [2.75, 3.05) is 18.4 Å². The Kier molecular flexibility index (Phi) is 6.56.